The van der Waals surface area contributed by atoms with Crippen molar-refractivity contribution in [3.63, 3.8) is 0 Å². The Hall–Kier alpha value is -1.51. The summed E-state index contributed by atoms with van der Waals surface area (Å²) in [7, 11) is -5.17. The smallest absolute Gasteiger partial charge is 0.759 e. The van der Waals surface area contributed by atoms with Gasteiger partial charge in [0.1, 0.15) is 5.56 Å². The van der Waals surface area contributed by atoms with Gasteiger partial charge >= 0.3 is 7.40 Å². The lowest BCUT2D eigenvalue weighted by atomic mass is 10.3. The second-order valence-corrected chi connectivity index (χ2v) is 2.82. The van der Waals surface area contributed by atoms with Crippen LogP contribution in [-0.2, 0) is 10.4 Å². The molecule has 0 saturated heterocycles. The van der Waals surface area contributed by atoms with Crippen LogP contribution in [0.3, 0.4) is 0 Å². The van der Waals surface area contributed by atoms with Crippen LogP contribution < -0.4 is 4.98 Å². The van der Waals surface area contributed by atoms with Gasteiger partial charge in [-0.15, -0.1) is 0 Å². The number of aromatic carboxylic acids is 1. The zero-order chi connectivity index (χ0) is 11.2. The summed E-state index contributed by atoms with van der Waals surface area (Å²) in [6.07, 6.45) is 3.09. The van der Waals surface area contributed by atoms with Crippen molar-refractivity contribution in [3.05, 3.63) is 30.1 Å². The number of aromatic amines is 1. The Morgan fingerprint density at radius 2 is 2.00 bits per heavy atom. The number of nitrogens with one attached hydrogen (secondary N) is 1. The number of pyridine rings is 1. The molecule has 8 heteroatoms. The third kappa shape index (κ3) is 8.59. The van der Waals surface area contributed by atoms with Crippen molar-refractivity contribution >= 4 is 16.4 Å². The maximum atomic E-state index is 10.2. The molecule has 0 unspecified atom stereocenters. The number of hydrogen-bond acceptors (Lipinski definition) is 5. The van der Waals surface area contributed by atoms with Crippen molar-refractivity contribution in [2.24, 2.45) is 0 Å². The number of carboxylic acid groups (broad SMARTS) is 1. The number of H-pyrrole nitrogens is 1. The topological polar surface area (TPSA) is 132 Å². The molecule has 0 amide bonds. The van der Waals surface area contributed by atoms with Gasteiger partial charge < -0.3 is 14.2 Å². The van der Waals surface area contributed by atoms with Crippen LogP contribution in [0.1, 0.15) is 11.8 Å². The van der Waals surface area contributed by atoms with Crippen molar-refractivity contribution in [3.8, 4) is 0 Å². The van der Waals surface area contributed by atoms with E-state index in [9.17, 15) is 4.79 Å². The molecule has 14 heavy (non-hydrogen) atoms. The molecule has 0 aliphatic rings. The molecular weight excluding hydrogens is 214 g/mol. The van der Waals surface area contributed by atoms with E-state index in [0.717, 1.165) is 0 Å². The minimum atomic E-state index is -5.17. The molecule has 0 aliphatic heterocycles. The highest BCUT2D eigenvalue weighted by Gasteiger charge is 2.01. The molecule has 1 heterocycles. The summed E-state index contributed by atoms with van der Waals surface area (Å²) in [5.74, 6) is -0.910. The van der Waals surface area contributed by atoms with Crippen molar-refractivity contribution in [2.45, 2.75) is 0 Å². The highest BCUT2D eigenvalue weighted by molar-refractivity contribution is 7.79. The lowest BCUT2D eigenvalue weighted by molar-refractivity contribution is -0.378. The van der Waals surface area contributed by atoms with Gasteiger partial charge in [-0.05, 0) is 6.07 Å². The van der Waals surface area contributed by atoms with E-state index in [0.29, 0.717) is 0 Å². The van der Waals surface area contributed by atoms with Crippen molar-refractivity contribution in [1.29, 1.82) is 0 Å². The second-order valence-electron chi connectivity index (χ2n) is 2.01. The van der Waals surface area contributed by atoms with Gasteiger partial charge in [0.15, 0.2) is 12.4 Å². The van der Waals surface area contributed by atoms with E-state index in [1.165, 1.54) is 12.3 Å². The predicted octanol–water partition coefficient (Wildman–Crippen LogP) is -1.03. The summed E-state index contributed by atoms with van der Waals surface area (Å²) >= 11 is 0. The SMILES string of the molecule is O=C(O)c1ccc[nH+]c1.O=S(=O)([O-])[O-].[H+]. The van der Waals surface area contributed by atoms with E-state index in [-0.39, 0.29) is 6.99 Å². The summed E-state index contributed by atoms with van der Waals surface area (Å²) in [6, 6.07) is 3.17. The number of carbonyl (C=O) groups is 1. The first-order chi connectivity index (χ1) is 6.30. The van der Waals surface area contributed by atoms with E-state index in [2.05, 4.69) is 4.98 Å². The fraction of sp³-hybridized carbons (Fsp3) is 0. The lowest BCUT2D eigenvalue weighted by Gasteiger charge is -2.06. The zero-order valence-corrected chi connectivity index (χ0v) is 7.52. The molecule has 2 N–H and O–H groups in total. The van der Waals surface area contributed by atoms with Crippen LogP contribution >= 0.6 is 0 Å². The van der Waals surface area contributed by atoms with Crippen LogP contribution in [0.25, 0.3) is 0 Å². The van der Waals surface area contributed by atoms with Gasteiger partial charge in [-0.25, -0.2) is 9.78 Å². The van der Waals surface area contributed by atoms with Crippen LogP contribution in [0.15, 0.2) is 24.5 Å². The molecule has 78 valence electrons. The molecular formula is C6H7NO6S. The van der Waals surface area contributed by atoms with Gasteiger partial charge in [0.25, 0.3) is 0 Å². The fourth-order valence-corrected chi connectivity index (χ4v) is 0.526. The average Bonchev–Trinajstić information content (AvgIpc) is 2.03. The second kappa shape index (κ2) is 5.27. The first-order valence-electron chi connectivity index (χ1n) is 3.17. The minimum Gasteiger partial charge on any atom is -0.759 e. The van der Waals surface area contributed by atoms with E-state index in [1.54, 1.807) is 12.3 Å². The summed E-state index contributed by atoms with van der Waals surface area (Å²) in [6.45, 7) is 0. The number of rotatable bonds is 1. The molecule has 0 radical (unpaired) electrons. The Morgan fingerprint density at radius 1 is 1.50 bits per heavy atom. The minimum absolute atomic E-state index is 0. The molecule has 7 nitrogen and oxygen atoms in total. The molecule has 0 saturated carbocycles. The highest BCUT2D eigenvalue weighted by atomic mass is 32.3. The molecule has 0 fully saturated rings. The van der Waals surface area contributed by atoms with Gasteiger partial charge in [0, 0.05) is 16.5 Å². The molecule has 0 bridgehead atoms. The van der Waals surface area contributed by atoms with Gasteiger partial charge in [0.2, 0.25) is 0 Å². The maximum Gasteiger partial charge on any atom is 1.00 e. The molecule has 0 atom stereocenters. The third-order valence-corrected chi connectivity index (χ3v) is 0.954. The van der Waals surface area contributed by atoms with E-state index >= 15 is 0 Å². The molecule has 0 aromatic carbocycles. The first kappa shape index (κ1) is 12.5. The normalized spacial score (nSPS) is 9.86. The quantitative estimate of drug-likeness (QED) is 0.476. The summed E-state index contributed by atoms with van der Waals surface area (Å²) in [5, 5.41) is 8.36. The molecule has 1 aromatic heterocycles. The standard InChI is InChI=1S/C6H5NO2.H2O4S/c8-6(9)5-2-1-3-7-4-5;1-5(2,3)4/h1-4H,(H,8,9);(H2,1,2,3,4). The Kier molecular flexibility index (Phi) is 4.70. The lowest BCUT2D eigenvalue weighted by Crippen LogP contribution is -2.05. The van der Waals surface area contributed by atoms with Gasteiger partial charge in [-0.2, -0.15) is 0 Å². The summed E-state index contributed by atoms with van der Waals surface area (Å²) in [5.41, 5.74) is 0.275. The Morgan fingerprint density at radius 3 is 2.21 bits per heavy atom. The monoisotopic (exact) mass is 221 g/mol. The third-order valence-electron chi connectivity index (χ3n) is 0.954. The predicted molar refractivity (Wildman–Crippen MR) is 41.5 cm³/mol. The van der Waals surface area contributed by atoms with Gasteiger partial charge in [0.05, 0.1) is 0 Å². The van der Waals surface area contributed by atoms with Crippen molar-refractivity contribution in [2.75, 3.05) is 0 Å². The summed E-state index contributed by atoms with van der Waals surface area (Å²) in [4.78, 5) is 12.8. The number of hydrogen-bond donors (Lipinski definition) is 1. The number of carboxylic acids is 1. The Labute approximate surface area is 81.1 Å². The van der Waals surface area contributed by atoms with Crippen LogP contribution in [0.5, 0.6) is 0 Å². The van der Waals surface area contributed by atoms with Crippen LogP contribution in [0, 0.1) is 0 Å². The van der Waals surface area contributed by atoms with Crippen molar-refractivity contribution in [1.82, 2.24) is 0 Å². The van der Waals surface area contributed by atoms with Gasteiger partial charge in [-0.1, -0.05) is 0 Å². The van der Waals surface area contributed by atoms with E-state index in [4.69, 9.17) is 22.6 Å². The van der Waals surface area contributed by atoms with Crippen LogP contribution in [0.2, 0.25) is 0 Å². The largest absolute Gasteiger partial charge is 1.00 e. The fourth-order valence-electron chi connectivity index (χ4n) is 0.526. The summed E-state index contributed by atoms with van der Waals surface area (Å²) < 4.78 is 34.1. The van der Waals surface area contributed by atoms with E-state index < -0.39 is 16.4 Å². The first-order valence-corrected chi connectivity index (χ1v) is 4.50. The molecule has 0 aliphatic carbocycles. The Bertz CT molecular complexity index is 383. The van der Waals surface area contributed by atoms with Gasteiger partial charge in [-0.3, -0.25) is 8.42 Å². The molecule has 1 aromatic rings. The highest BCUT2D eigenvalue weighted by Crippen LogP contribution is 1.90. The Balaban J connectivity index is 0. The van der Waals surface area contributed by atoms with Crippen LogP contribution in [-0.4, -0.2) is 28.6 Å². The number of aromatic nitrogens is 1. The molecule has 1 rings (SSSR count). The molecule has 0 spiro atoms. The van der Waals surface area contributed by atoms with E-state index in [1.807, 2.05) is 0 Å². The average molecular weight is 221 g/mol. The maximum absolute atomic E-state index is 10.2. The van der Waals surface area contributed by atoms with Crippen LogP contribution in [0.4, 0.5) is 0 Å². The zero-order valence-electron chi connectivity index (χ0n) is 7.71. The van der Waals surface area contributed by atoms with Crippen molar-refractivity contribution < 1.29 is 33.8 Å².